The molecule has 0 amide bonds. The van der Waals surface area contributed by atoms with Gasteiger partial charge in [0.05, 0.1) is 5.69 Å². The van der Waals surface area contributed by atoms with Crippen molar-refractivity contribution in [2.24, 2.45) is 10.2 Å². The number of nitriles is 1. The van der Waals surface area contributed by atoms with Gasteiger partial charge in [-0.25, -0.2) is 0 Å². The van der Waals surface area contributed by atoms with Crippen LogP contribution in [-0.4, -0.2) is 23.4 Å². The van der Waals surface area contributed by atoms with Gasteiger partial charge in [-0.1, -0.05) is 36.4 Å². The van der Waals surface area contributed by atoms with Crippen LogP contribution in [-0.2, 0) is 11.3 Å². The van der Waals surface area contributed by atoms with Crippen molar-refractivity contribution in [2.45, 2.75) is 19.9 Å². The summed E-state index contributed by atoms with van der Waals surface area (Å²) in [4.78, 5) is 12.9. The van der Waals surface area contributed by atoms with E-state index in [1.165, 1.54) is 0 Å². The number of benzene rings is 2. The molecule has 3 aromatic rings. The van der Waals surface area contributed by atoms with Gasteiger partial charge < -0.3 is 9.84 Å². The van der Waals surface area contributed by atoms with E-state index in [1.807, 2.05) is 48.5 Å². The van der Waals surface area contributed by atoms with Gasteiger partial charge in [-0.15, -0.1) is 10.2 Å². The summed E-state index contributed by atoms with van der Waals surface area (Å²) in [7, 11) is 1.56. The fourth-order valence-corrected chi connectivity index (χ4v) is 3.03. The highest BCUT2D eigenvalue weighted by molar-refractivity contribution is 5.92. The van der Waals surface area contributed by atoms with Gasteiger partial charge >= 0.3 is 0 Å². The average Bonchev–Trinajstić information content (AvgIpc) is 2.71. The van der Waals surface area contributed by atoms with Gasteiger partial charge in [0, 0.05) is 31.2 Å². The van der Waals surface area contributed by atoms with E-state index in [2.05, 4.69) is 10.2 Å². The van der Waals surface area contributed by atoms with Crippen LogP contribution in [0.1, 0.15) is 17.5 Å². The fourth-order valence-electron chi connectivity index (χ4n) is 3.03. The van der Waals surface area contributed by atoms with Crippen LogP contribution in [0, 0.1) is 18.3 Å². The van der Waals surface area contributed by atoms with E-state index in [-0.39, 0.29) is 23.7 Å². The molecular weight excluding hydrogens is 356 g/mol. The molecule has 1 aromatic heterocycles. The predicted molar refractivity (Wildman–Crippen MR) is 106 cm³/mol. The minimum absolute atomic E-state index is 0.0175. The van der Waals surface area contributed by atoms with Crippen LogP contribution in [0.15, 0.2) is 57.5 Å². The third-order valence-electron chi connectivity index (χ3n) is 4.52. The van der Waals surface area contributed by atoms with Crippen molar-refractivity contribution in [1.29, 1.82) is 5.26 Å². The molecule has 0 spiro atoms. The number of methoxy groups -OCH3 is 1. The number of nitrogens with zero attached hydrogens (tertiary/aromatic N) is 4. The van der Waals surface area contributed by atoms with Gasteiger partial charge in [-0.05, 0) is 24.8 Å². The predicted octanol–water partition coefficient (Wildman–Crippen LogP) is 4.34. The van der Waals surface area contributed by atoms with Crippen molar-refractivity contribution in [3.63, 3.8) is 0 Å². The van der Waals surface area contributed by atoms with Crippen molar-refractivity contribution in [1.82, 2.24) is 4.57 Å². The largest absolute Gasteiger partial charge is 0.493 e. The molecule has 0 aliphatic rings. The Morgan fingerprint density at radius 1 is 1.18 bits per heavy atom. The number of hydrogen-bond acceptors (Lipinski definition) is 6. The molecule has 1 heterocycles. The standard InChI is InChI=1S/C21H20N4O3/c1-14-17(13-22)20(26)25(11-6-12-28-2)21(27)19(14)24-23-18-10-5-8-15-7-3-4-9-16(15)18/h3-5,7-10,26H,6,11-12H2,1-2H3. The zero-order chi connectivity index (χ0) is 20.1. The zero-order valence-electron chi connectivity index (χ0n) is 15.7. The van der Waals surface area contributed by atoms with Gasteiger partial charge in [0.25, 0.3) is 5.56 Å². The second-order valence-corrected chi connectivity index (χ2v) is 6.29. The van der Waals surface area contributed by atoms with Crippen molar-refractivity contribution in [3.8, 4) is 11.9 Å². The molecule has 28 heavy (non-hydrogen) atoms. The summed E-state index contributed by atoms with van der Waals surface area (Å²) in [6, 6.07) is 15.3. The lowest BCUT2D eigenvalue weighted by Crippen LogP contribution is -2.22. The first-order chi connectivity index (χ1) is 13.6. The van der Waals surface area contributed by atoms with Crippen LogP contribution in [0.4, 0.5) is 11.4 Å². The smallest absolute Gasteiger partial charge is 0.281 e. The monoisotopic (exact) mass is 376 g/mol. The van der Waals surface area contributed by atoms with Crippen LogP contribution < -0.4 is 5.56 Å². The van der Waals surface area contributed by atoms with E-state index in [9.17, 15) is 15.2 Å². The van der Waals surface area contributed by atoms with Gasteiger partial charge in [-0.2, -0.15) is 5.26 Å². The lowest BCUT2D eigenvalue weighted by atomic mass is 10.1. The summed E-state index contributed by atoms with van der Waals surface area (Å²) in [6.45, 7) is 2.22. The number of ether oxygens (including phenoxy) is 1. The first-order valence-electron chi connectivity index (χ1n) is 8.83. The van der Waals surface area contributed by atoms with Crippen LogP contribution in [0.3, 0.4) is 0 Å². The number of fused-ring (bicyclic) bond motifs is 1. The summed E-state index contributed by atoms with van der Waals surface area (Å²) in [5.74, 6) is -0.356. The van der Waals surface area contributed by atoms with Crippen LogP contribution in [0.2, 0.25) is 0 Å². The molecule has 0 saturated heterocycles. The van der Waals surface area contributed by atoms with E-state index in [4.69, 9.17) is 4.74 Å². The highest BCUT2D eigenvalue weighted by Crippen LogP contribution is 2.30. The van der Waals surface area contributed by atoms with Crippen molar-refractivity contribution < 1.29 is 9.84 Å². The number of rotatable bonds is 6. The first-order valence-corrected chi connectivity index (χ1v) is 8.83. The molecule has 0 atom stereocenters. The third-order valence-corrected chi connectivity index (χ3v) is 4.52. The van der Waals surface area contributed by atoms with Gasteiger partial charge in [0.15, 0.2) is 5.69 Å². The second kappa shape index (κ2) is 8.46. The quantitative estimate of drug-likeness (QED) is 0.511. The van der Waals surface area contributed by atoms with Gasteiger partial charge in [0.1, 0.15) is 11.6 Å². The molecule has 142 valence electrons. The Morgan fingerprint density at radius 2 is 1.93 bits per heavy atom. The van der Waals surface area contributed by atoms with E-state index in [0.29, 0.717) is 24.3 Å². The lowest BCUT2D eigenvalue weighted by molar-refractivity contribution is 0.188. The molecule has 0 unspecified atom stereocenters. The molecule has 2 aromatic carbocycles. The Bertz CT molecular complexity index is 1140. The van der Waals surface area contributed by atoms with Crippen LogP contribution >= 0.6 is 0 Å². The third kappa shape index (κ3) is 3.63. The fraction of sp³-hybridized carbons (Fsp3) is 0.238. The molecule has 0 radical (unpaired) electrons. The zero-order valence-corrected chi connectivity index (χ0v) is 15.7. The molecule has 0 fully saturated rings. The van der Waals surface area contributed by atoms with Crippen LogP contribution in [0.5, 0.6) is 5.88 Å². The molecule has 3 rings (SSSR count). The summed E-state index contributed by atoms with van der Waals surface area (Å²) in [5, 5.41) is 30.1. The molecule has 0 saturated carbocycles. The molecule has 0 aliphatic heterocycles. The Morgan fingerprint density at radius 3 is 2.68 bits per heavy atom. The highest BCUT2D eigenvalue weighted by atomic mass is 16.5. The Hall–Kier alpha value is -3.50. The van der Waals surface area contributed by atoms with Crippen molar-refractivity contribution >= 4 is 22.1 Å². The highest BCUT2D eigenvalue weighted by Gasteiger charge is 2.19. The molecule has 1 N–H and O–H groups in total. The maximum Gasteiger partial charge on any atom is 0.281 e. The summed E-state index contributed by atoms with van der Waals surface area (Å²) >= 11 is 0. The maximum absolute atomic E-state index is 12.9. The number of pyridine rings is 1. The lowest BCUT2D eigenvalue weighted by Gasteiger charge is -2.12. The summed E-state index contributed by atoms with van der Waals surface area (Å²) in [6.07, 6.45) is 0.512. The average molecular weight is 376 g/mol. The summed E-state index contributed by atoms with van der Waals surface area (Å²) < 4.78 is 6.14. The Balaban J connectivity index is 2.10. The second-order valence-electron chi connectivity index (χ2n) is 6.29. The maximum atomic E-state index is 12.9. The van der Waals surface area contributed by atoms with E-state index >= 15 is 0 Å². The number of azo groups is 1. The normalized spacial score (nSPS) is 11.2. The summed E-state index contributed by atoms with van der Waals surface area (Å²) in [5.41, 5.74) is 0.490. The number of aromatic nitrogens is 1. The minimum atomic E-state index is -0.492. The van der Waals surface area contributed by atoms with E-state index in [1.54, 1.807) is 14.0 Å². The molecular formula is C21H20N4O3. The molecule has 7 heteroatoms. The first kappa shape index (κ1) is 19.3. The number of aromatic hydroxyl groups is 1. The topological polar surface area (TPSA) is 100.0 Å². The van der Waals surface area contributed by atoms with Gasteiger partial charge in [-0.3, -0.25) is 9.36 Å². The van der Waals surface area contributed by atoms with Gasteiger partial charge in [0.2, 0.25) is 5.88 Å². The molecule has 0 aliphatic carbocycles. The van der Waals surface area contributed by atoms with E-state index < -0.39 is 5.56 Å². The minimum Gasteiger partial charge on any atom is -0.493 e. The number of hydrogen-bond donors (Lipinski definition) is 1. The van der Waals surface area contributed by atoms with E-state index in [0.717, 1.165) is 15.3 Å². The van der Waals surface area contributed by atoms with Crippen LogP contribution in [0.25, 0.3) is 10.8 Å². The SMILES string of the molecule is COCCCn1c(O)c(C#N)c(C)c(N=Nc2cccc3ccccc23)c1=O. The molecule has 7 nitrogen and oxygen atoms in total. The molecule has 0 bridgehead atoms. The Labute approximate surface area is 162 Å². The van der Waals surface area contributed by atoms with Crippen molar-refractivity contribution in [3.05, 3.63) is 63.9 Å². The Kier molecular flexibility index (Phi) is 5.82. The van der Waals surface area contributed by atoms with Crippen molar-refractivity contribution in [2.75, 3.05) is 13.7 Å².